The van der Waals surface area contributed by atoms with Gasteiger partial charge in [-0.1, -0.05) is 18.2 Å². The molecule has 1 atom stereocenters. The molecule has 2 aliphatic heterocycles. The van der Waals surface area contributed by atoms with Gasteiger partial charge in [0.15, 0.2) is 0 Å². The van der Waals surface area contributed by atoms with E-state index in [-0.39, 0.29) is 23.8 Å². The summed E-state index contributed by atoms with van der Waals surface area (Å²) in [5.41, 5.74) is 1.45. The molecule has 2 fully saturated rings. The van der Waals surface area contributed by atoms with Gasteiger partial charge >= 0.3 is 0 Å². The Morgan fingerprint density at radius 2 is 2.07 bits per heavy atom. The lowest BCUT2D eigenvalue weighted by molar-refractivity contribution is -0.139. The normalized spacial score (nSPS) is 23.2. The Morgan fingerprint density at radius 3 is 2.93 bits per heavy atom. The highest BCUT2D eigenvalue weighted by atomic mass is 16.3. The summed E-state index contributed by atoms with van der Waals surface area (Å²) in [5, 5.41) is 10.2. The number of piperidine rings is 2. The van der Waals surface area contributed by atoms with E-state index in [0.29, 0.717) is 31.6 Å². The number of pyridine rings is 1. The standard InChI is InChI=1S/C21H25N3O3/c25-11-10-23-14-21(8-6-19(23)26)7-3-9-24(15-21)20(27)17-12-16-4-1-2-5-18(16)22-13-17/h1-2,4-5,12-13,25H,3,6-11,14-15H2. The van der Waals surface area contributed by atoms with Crippen molar-refractivity contribution in [2.45, 2.75) is 25.7 Å². The molecule has 0 radical (unpaired) electrons. The Hall–Kier alpha value is -2.47. The summed E-state index contributed by atoms with van der Waals surface area (Å²) in [6, 6.07) is 9.70. The topological polar surface area (TPSA) is 73.7 Å². The van der Waals surface area contributed by atoms with Crippen molar-refractivity contribution in [2.75, 3.05) is 32.8 Å². The van der Waals surface area contributed by atoms with Crippen LogP contribution in [0.25, 0.3) is 10.9 Å². The number of likely N-dealkylation sites (tertiary alicyclic amines) is 2. The minimum Gasteiger partial charge on any atom is -0.395 e. The number of carbonyl (C=O) groups excluding carboxylic acids is 2. The van der Waals surface area contributed by atoms with Crippen molar-refractivity contribution in [3.63, 3.8) is 0 Å². The summed E-state index contributed by atoms with van der Waals surface area (Å²) >= 11 is 0. The van der Waals surface area contributed by atoms with E-state index in [0.717, 1.165) is 36.7 Å². The molecule has 2 saturated heterocycles. The van der Waals surface area contributed by atoms with Crippen molar-refractivity contribution in [1.82, 2.24) is 14.8 Å². The zero-order valence-electron chi connectivity index (χ0n) is 15.4. The molecule has 1 N–H and O–H groups in total. The van der Waals surface area contributed by atoms with E-state index in [2.05, 4.69) is 4.98 Å². The molecular formula is C21H25N3O3. The molecule has 2 amide bonds. The highest BCUT2D eigenvalue weighted by molar-refractivity contribution is 5.97. The van der Waals surface area contributed by atoms with Crippen LogP contribution in [-0.2, 0) is 4.79 Å². The first-order valence-corrected chi connectivity index (χ1v) is 9.63. The van der Waals surface area contributed by atoms with Crippen LogP contribution in [0.3, 0.4) is 0 Å². The van der Waals surface area contributed by atoms with Gasteiger partial charge in [-0.25, -0.2) is 0 Å². The number of hydrogen-bond donors (Lipinski definition) is 1. The second-order valence-electron chi connectivity index (χ2n) is 7.79. The number of fused-ring (bicyclic) bond motifs is 1. The molecule has 142 valence electrons. The Bertz CT molecular complexity index is 869. The van der Waals surface area contributed by atoms with Gasteiger partial charge in [-0.3, -0.25) is 14.6 Å². The summed E-state index contributed by atoms with van der Waals surface area (Å²) in [7, 11) is 0. The molecule has 3 heterocycles. The summed E-state index contributed by atoms with van der Waals surface area (Å²) in [5.74, 6) is 0.120. The number of hydrogen-bond acceptors (Lipinski definition) is 4. The minimum absolute atomic E-state index is 0.0120. The molecule has 0 bridgehead atoms. The van der Waals surface area contributed by atoms with Crippen LogP contribution in [0.15, 0.2) is 36.5 Å². The van der Waals surface area contributed by atoms with E-state index in [1.54, 1.807) is 11.1 Å². The number of aliphatic hydroxyl groups is 1. The van der Waals surface area contributed by atoms with Crippen molar-refractivity contribution >= 4 is 22.7 Å². The number of aromatic nitrogens is 1. The Labute approximate surface area is 158 Å². The first-order chi connectivity index (χ1) is 13.1. The minimum atomic E-state index is -0.0543. The molecule has 1 unspecified atom stereocenters. The molecule has 6 nitrogen and oxygen atoms in total. The molecule has 0 saturated carbocycles. The van der Waals surface area contributed by atoms with Crippen LogP contribution >= 0.6 is 0 Å². The summed E-state index contributed by atoms with van der Waals surface area (Å²) in [4.78, 5) is 33.3. The number of amides is 2. The zero-order chi connectivity index (χ0) is 18.9. The number of rotatable bonds is 3. The maximum absolute atomic E-state index is 13.1. The van der Waals surface area contributed by atoms with Crippen LogP contribution in [0.5, 0.6) is 0 Å². The van der Waals surface area contributed by atoms with E-state index >= 15 is 0 Å². The number of para-hydroxylation sites is 1. The molecule has 1 spiro atoms. The quantitative estimate of drug-likeness (QED) is 0.901. The number of β-amino-alcohol motifs (C(OH)–C–C–N with tert-alkyl or cyclic N) is 1. The molecule has 2 aliphatic rings. The van der Waals surface area contributed by atoms with Gasteiger partial charge in [0.25, 0.3) is 5.91 Å². The van der Waals surface area contributed by atoms with Crippen LogP contribution in [0, 0.1) is 5.41 Å². The smallest absolute Gasteiger partial charge is 0.255 e. The lowest BCUT2D eigenvalue weighted by Gasteiger charge is -2.48. The Morgan fingerprint density at radius 1 is 1.22 bits per heavy atom. The predicted molar refractivity (Wildman–Crippen MR) is 102 cm³/mol. The van der Waals surface area contributed by atoms with E-state index in [1.165, 1.54) is 0 Å². The number of nitrogens with zero attached hydrogens (tertiary/aromatic N) is 3. The average molecular weight is 367 g/mol. The lowest BCUT2D eigenvalue weighted by atomic mass is 9.73. The van der Waals surface area contributed by atoms with E-state index in [9.17, 15) is 14.7 Å². The lowest BCUT2D eigenvalue weighted by Crippen LogP contribution is -2.55. The van der Waals surface area contributed by atoms with E-state index < -0.39 is 0 Å². The monoisotopic (exact) mass is 367 g/mol. The van der Waals surface area contributed by atoms with Crippen LogP contribution in [0.1, 0.15) is 36.0 Å². The van der Waals surface area contributed by atoms with Gasteiger partial charge in [-0.15, -0.1) is 0 Å². The van der Waals surface area contributed by atoms with Gasteiger partial charge in [0.2, 0.25) is 5.91 Å². The summed E-state index contributed by atoms with van der Waals surface area (Å²) in [6.45, 7) is 2.39. The molecule has 1 aromatic carbocycles. The van der Waals surface area contributed by atoms with Crippen LogP contribution < -0.4 is 0 Å². The van der Waals surface area contributed by atoms with E-state index in [4.69, 9.17) is 0 Å². The van der Waals surface area contributed by atoms with Crippen LogP contribution in [-0.4, -0.2) is 64.5 Å². The fraction of sp³-hybridized carbons (Fsp3) is 0.476. The molecule has 4 rings (SSSR count). The van der Waals surface area contributed by atoms with Gasteiger partial charge in [-0.05, 0) is 31.4 Å². The highest BCUT2D eigenvalue weighted by Gasteiger charge is 2.42. The second kappa shape index (κ2) is 7.27. The molecule has 2 aromatic rings. The maximum atomic E-state index is 13.1. The van der Waals surface area contributed by atoms with E-state index in [1.807, 2.05) is 35.2 Å². The largest absolute Gasteiger partial charge is 0.395 e. The van der Waals surface area contributed by atoms with Gasteiger partial charge < -0.3 is 14.9 Å². The fourth-order valence-electron chi connectivity index (χ4n) is 4.51. The first kappa shape index (κ1) is 17.9. The third kappa shape index (κ3) is 3.54. The van der Waals surface area contributed by atoms with Crippen LogP contribution in [0.4, 0.5) is 0 Å². The molecule has 6 heteroatoms. The fourth-order valence-corrected chi connectivity index (χ4v) is 4.51. The summed E-state index contributed by atoms with van der Waals surface area (Å²) in [6.07, 6.45) is 4.93. The Balaban J connectivity index is 1.53. The summed E-state index contributed by atoms with van der Waals surface area (Å²) < 4.78 is 0. The van der Waals surface area contributed by atoms with Gasteiger partial charge in [0.05, 0.1) is 17.7 Å². The van der Waals surface area contributed by atoms with Gasteiger partial charge in [0.1, 0.15) is 0 Å². The van der Waals surface area contributed by atoms with Gasteiger partial charge in [-0.2, -0.15) is 0 Å². The number of carbonyl (C=O) groups is 2. The van der Waals surface area contributed by atoms with Crippen molar-refractivity contribution in [1.29, 1.82) is 0 Å². The molecule has 27 heavy (non-hydrogen) atoms. The highest BCUT2D eigenvalue weighted by Crippen LogP contribution is 2.39. The zero-order valence-corrected chi connectivity index (χ0v) is 15.4. The maximum Gasteiger partial charge on any atom is 0.255 e. The number of benzene rings is 1. The predicted octanol–water partition coefficient (Wildman–Crippen LogP) is 2.07. The third-order valence-corrected chi connectivity index (χ3v) is 5.90. The Kier molecular flexibility index (Phi) is 4.83. The molecular weight excluding hydrogens is 342 g/mol. The van der Waals surface area contributed by atoms with Crippen molar-refractivity contribution in [2.24, 2.45) is 5.41 Å². The van der Waals surface area contributed by atoms with Crippen molar-refractivity contribution < 1.29 is 14.7 Å². The third-order valence-electron chi connectivity index (χ3n) is 5.90. The SMILES string of the molecule is O=C1CCC2(CCCN(C(=O)c3cnc4ccccc4c3)C2)CN1CCO. The van der Waals surface area contributed by atoms with Crippen molar-refractivity contribution in [3.05, 3.63) is 42.1 Å². The van der Waals surface area contributed by atoms with Crippen molar-refractivity contribution in [3.8, 4) is 0 Å². The van der Waals surface area contributed by atoms with Crippen LogP contribution in [0.2, 0.25) is 0 Å². The average Bonchev–Trinajstić information content (AvgIpc) is 2.70. The molecule has 1 aromatic heterocycles. The molecule has 0 aliphatic carbocycles. The second-order valence-corrected chi connectivity index (χ2v) is 7.79. The van der Waals surface area contributed by atoms with Gasteiger partial charge in [0, 0.05) is 49.6 Å². The number of aliphatic hydroxyl groups excluding tert-OH is 1. The first-order valence-electron chi connectivity index (χ1n) is 9.63.